The average Bonchev–Trinajstić information content (AvgIpc) is 2.74. The third-order valence-electron chi connectivity index (χ3n) is 5.63. The van der Waals surface area contributed by atoms with Crippen LogP contribution in [0.1, 0.15) is 92.3 Å². The average molecular weight is 464 g/mol. The molecule has 0 aliphatic heterocycles. The summed E-state index contributed by atoms with van der Waals surface area (Å²) >= 11 is 0. The van der Waals surface area contributed by atoms with Crippen molar-refractivity contribution in [3.8, 4) is 11.5 Å². The van der Waals surface area contributed by atoms with Gasteiger partial charge in [-0.3, -0.25) is 4.79 Å². The van der Waals surface area contributed by atoms with Gasteiger partial charge >= 0.3 is 18.9 Å². The van der Waals surface area contributed by atoms with Crippen LogP contribution in [0.3, 0.4) is 0 Å². The maximum atomic E-state index is 13.2. The number of hydrogen-bond donors (Lipinski definition) is 0. The summed E-state index contributed by atoms with van der Waals surface area (Å²) in [5, 5.41) is 0.961. The Balaban J connectivity index is 0.00000544. The first-order valence-electron chi connectivity index (χ1n) is 12.2. The van der Waals surface area contributed by atoms with Crippen LogP contribution in [0.4, 0.5) is 0 Å². The Bertz CT molecular complexity index is 843. The third kappa shape index (κ3) is 10.3. The quantitative estimate of drug-likeness (QED) is 0.219. The van der Waals surface area contributed by atoms with Gasteiger partial charge in [-0.15, -0.1) is 0 Å². The molecule has 3 nitrogen and oxygen atoms in total. The van der Waals surface area contributed by atoms with Gasteiger partial charge < -0.3 is 9.47 Å². The van der Waals surface area contributed by atoms with Crippen molar-refractivity contribution in [3.05, 3.63) is 52.6 Å². The summed E-state index contributed by atoms with van der Waals surface area (Å²) in [6.07, 6.45) is 9.36. The van der Waals surface area contributed by atoms with E-state index in [1.807, 2.05) is 32.0 Å². The fraction of sp³-hybridized carbons (Fsp3) is 0.536. The third-order valence-corrected chi connectivity index (χ3v) is 6.79. The smallest absolute Gasteiger partial charge is 0.493 e. The van der Waals surface area contributed by atoms with Crippen molar-refractivity contribution in [1.29, 1.82) is 0 Å². The Labute approximate surface area is 215 Å². The number of aryl methyl sites for hydroxylation is 3. The van der Waals surface area contributed by atoms with Crippen LogP contribution in [0.25, 0.3) is 0 Å². The van der Waals surface area contributed by atoms with E-state index in [1.54, 1.807) is 0 Å². The maximum Gasteiger partial charge on any atom is 1.00 e. The van der Waals surface area contributed by atoms with E-state index in [2.05, 4.69) is 32.9 Å². The summed E-state index contributed by atoms with van der Waals surface area (Å²) in [6, 6.07) is 10.1. The first-order chi connectivity index (χ1) is 15.5. The van der Waals surface area contributed by atoms with Gasteiger partial charge in [0.2, 0.25) is 0 Å². The van der Waals surface area contributed by atoms with Gasteiger partial charge in [-0.2, -0.15) is 0 Å². The number of ether oxygens (including phenoxy) is 2. The second-order valence-electron chi connectivity index (χ2n) is 8.70. The maximum absolute atomic E-state index is 13.2. The monoisotopic (exact) mass is 463 g/mol. The summed E-state index contributed by atoms with van der Waals surface area (Å²) in [4.78, 5) is 13.2. The van der Waals surface area contributed by atoms with Crippen LogP contribution in [0.5, 0.6) is 11.5 Å². The number of hydrogen-bond acceptors (Lipinski definition) is 3. The molecule has 0 saturated heterocycles. The number of unbranched alkanes of at least 4 members (excludes halogenated alkanes) is 6. The molecular weight excluding hydrogens is 422 g/mol. The topological polar surface area (TPSA) is 35.5 Å². The van der Waals surface area contributed by atoms with Crippen molar-refractivity contribution < 1.29 is 33.1 Å². The molecule has 2 rings (SSSR count). The summed E-state index contributed by atoms with van der Waals surface area (Å²) in [5.41, 5.74) is 4.31. The van der Waals surface area contributed by atoms with Crippen LogP contribution >= 0.6 is 8.58 Å². The molecule has 0 heterocycles. The predicted molar refractivity (Wildman–Crippen MR) is 139 cm³/mol. The SMILES string of the molecule is CCCCCCOc1ccc(PC(=O)c2c(C)cc(C)cc2C)c(OCCCCCC)c1.[Li+]. The zero-order valence-corrected chi connectivity index (χ0v) is 22.7. The zero-order valence-electron chi connectivity index (χ0n) is 21.7. The summed E-state index contributed by atoms with van der Waals surface area (Å²) in [7, 11) is 0.0355. The van der Waals surface area contributed by atoms with Gasteiger partial charge in [0.25, 0.3) is 0 Å². The molecule has 0 aliphatic rings. The van der Waals surface area contributed by atoms with Gasteiger partial charge in [-0.25, -0.2) is 0 Å². The number of benzene rings is 2. The molecule has 0 saturated carbocycles. The van der Waals surface area contributed by atoms with Crippen LogP contribution in [-0.4, -0.2) is 18.7 Å². The molecule has 33 heavy (non-hydrogen) atoms. The first kappa shape index (κ1) is 29.8. The number of carbonyl (C=O) groups is 1. The Morgan fingerprint density at radius 2 is 1.36 bits per heavy atom. The molecule has 0 aromatic heterocycles. The van der Waals surface area contributed by atoms with E-state index >= 15 is 0 Å². The molecule has 0 aliphatic carbocycles. The van der Waals surface area contributed by atoms with E-state index in [0.717, 1.165) is 52.9 Å². The Morgan fingerprint density at radius 1 is 0.788 bits per heavy atom. The van der Waals surface area contributed by atoms with Crippen LogP contribution in [0.15, 0.2) is 30.3 Å². The van der Waals surface area contributed by atoms with E-state index in [4.69, 9.17) is 9.47 Å². The fourth-order valence-corrected chi connectivity index (χ4v) is 5.17. The van der Waals surface area contributed by atoms with Crippen molar-refractivity contribution in [1.82, 2.24) is 0 Å². The fourth-order valence-electron chi connectivity index (χ4n) is 3.97. The van der Waals surface area contributed by atoms with Gasteiger partial charge in [-0.05, 0) is 65.5 Å². The van der Waals surface area contributed by atoms with Gasteiger partial charge in [0.05, 0.1) is 13.2 Å². The van der Waals surface area contributed by atoms with E-state index in [0.29, 0.717) is 6.61 Å². The van der Waals surface area contributed by atoms with E-state index in [1.165, 1.54) is 44.1 Å². The molecule has 1 atom stereocenters. The van der Waals surface area contributed by atoms with Gasteiger partial charge in [0.1, 0.15) is 11.5 Å². The molecule has 0 amide bonds. The first-order valence-corrected chi connectivity index (χ1v) is 13.2. The second-order valence-corrected chi connectivity index (χ2v) is 9.95. The van der Waals surface area contributed by atoms with Gasteiger partial charge in [0, 0.05) is 16.9 Å². The summed E-state index contributed by atoms with van der Waals surface area (Å²) < 4.78 is 12.1. The minimum Gasteiger partial charge on any atom is -0.493 e. The van der Waals surface area contributed by atoms with Crippen molar-refractivity contribution >= 4 is 19.4 Å². The van der Waals surface area contributed by atoms with E-state index in [-0.39, 0.29) is 33.0 Å². The summed E-state index contributed by atoms with van der Waals surface area (Å²) in [5.74, 6) is 1.62. The van der Waals surface area contributed by atoms with Crippen LogP contribution in [0, 0.1) is 20.8 Å². The molecule has 0 fully saturated rings. The van der Waals surface area contributed by atoms with Gasteiger partial charge in [-0.1, -0.05) is 70.1 Å². The molecule has 0 spiro atoms. The molecule has 2 aromatic carbocycles. The molecular formula is C28H41LiO3P+. The number of rotatable bonds is 15. The summed E-state index contributed by atoms with van der Waals surface area (Å²) in [6.45, 7) is 11.9. The molecule has 176 valence electrons. The molecule has 1 unspecified atom stereocenters. The molecule has 2 aromatic rings. The minimum atomic E-state index is 0. The standard InChI is InChI=1S/C28H41O3P.Li/c1-6-8-10-12-16-30-24-14-15-26(25(20-24)31-17-13-11-9-7-2)32-28(29)27-22(4)18-21(3)19-23(27)5;/h14-15,18-20,32H,6-13,16-17H2,1-5H3;/q;+1. The Hall–Kier alpha value is -1.26. The second kappa shape index (κ2) is 16.4. The minimum absolute atomic E-state index is 0. The van der Waals surface area contributed by atoms with Gasteiger partial charge in [0.15, 0.2) is 5.52 Å². The predicted octanol–water partition coefficient (Wildman–Crippen LogP) is 4.68. The molecule has 0 radical (unpaired) electrons. The van der Waals surface area contributed by atoms with Crippen LogP contribution < -0.4 is 33.6 Å². The van der Waals surface area contributed by atoms with Crippen molar-refractivity contribution in [2.75, 3.05) is 13.2 Å². The van der Waals surface area contributed by atoms with Crippen molar-refractivity contribution in [2.24, 2.45) is 0 Å². The number of carbonyl (C=O) groups excluding carboxylic acids is 1. The molecule has 0 bridgehead atoms. The van der Waals surface area contributed by atoms with Crippen molar-refractivity contribution in [3.63, 3.8) is 0 Å². The van der Waals surface area contributed by atoms with Crippen LogP contribution in [-0.2, 0) is 0 Å². The largest absolute Gasteiger partial charge is 1.00 e. The van der Waals surface area contributed by atoms with Crippen LogP contribution in [0.2, 0.25) is 0 Å². The zero-order chi connectivity index (χ0) is 23.3. The Kier molecular flexibility index (Phi) is 14.8. The Morgan fingerprint density at radius 3 is 1.94 bits per heavy atom. The van der Waals surface area contributed by atoms with E-state index in [9.17, 15) is 4.79 Å². The normalized spacial score (nSPS) is 10.9. The molecule has 0 N–H and O–H groups in total. The van der Waals surface area contributed by atoms with Crippen molar-refractivity contribution in [2.45, 2.75) is 86.0 Å². The van der Waals surface area contributed by atoms with E-state index < -0.39 is 0 Å². The molecule has 5 heteroatoms.